The molecule has 2 N–H and O–H groups in total. The van der Waals surface area contributed by atoms with Crippen molar-refractivity contribution in [3.63, 3.8) is 0 Å². The van der Waals surface area contributed by atoms with Crippen LogP contribution in [0.1, 0.15) is 12.0 Å². The molecule has 11 nitrogen and oxygen atoms in total. The van der Waals surface area contributed by atoms with E-state index >= 15 is 4.39 Å². The normalized spacial score (nSPS) is 13.9. The van der Waals surface area contributed by atoms with Crippen LogP contribution in [0.5, 0.6) is 28.9 Å². The van der Waals surface area contributed by atoms with Crippen molar-refractivity contribution in [2.75, 3.05) is 46.6 Å². The lowest BCUT2D eigenvalue weighted by Gasteiger charge is -2.26. The molecule has 5 aromatic rings. The van der Waals surface area contributed by atoms with E-state index in [1.165, 1.54) is 12.1 Å². The van der Waals surface area contributed by atoms with E-state index in [4.69, 9.17) is 18.9 Å². The number of rotatable bonds is 11. The lowest BCUT2D eigenvalue weighted by atomic mass is 10.1. The van der Waals surface area contributed by atoms with Crippen LogP contribution in [-0.2, 0) is 16.0 Å². The van der Waals surface area contributed by atoms with Gasteiger partial charge >= 0.3 is 0 Å². The maximum atomic E-state index is 15.2. The van der Waals surface area contributed by atoms with Gasteiger partial charge in [-0.3, -0.25) is 14.7 Å². The number of amides is 1. The first-order valence-corrected chi connectivity index (χ1v) is 15.5. The lowest BCUT2D eigenvalue weighted by molar-refractivity contribution is -0.117. The Balaban J connectivity index is 1.11. The van der Waals surface area contributed by atoms with Gasteiger partial charge in [-0.15, -0.1) is 10.2 Å². The third kappa shape index (κ3) is 7.27. The molecule has 1 amide bonds. The Labute approximate surface area is 272 Å². The molecule has 6 rings (SSSR count). The molecule has 0 bridgehead atoms. The molecule has 1 aliphatic heterocycles. The number of hydrogen-bond acceptors (Lipinski definition) is 9. The van der Waals surface area contributed by atoms with Crippen molar-refractivity contribution in [2.45, 2.75) is 12.8 Å². The van der Waals surface area contributed by atoms with Gasteiger partial charge in [-0.1, -0.05) is 22.0 Å². The second-order valence-corrected chi connectivity index (χ2v) is 11.6. The van der Waals surface area contributed by atoms with Gasteiger partial charge in [0, 0.05) is 47.1 Å². The minimum Gasteiger partial charge on any atom is -0.493 e. The number of nitrogens with one attached hydrogen (secondary N) is 1. The van der Waals surface area contributed by atoms with Crippen LogP contribution < -0.4 is 14.2 Å². The predicted octanol–water partition coefficient (Wildman–Crippen LogP) is 7.08. The topological polar surface area (TPSA) is 131 Å². The van der Waals surface area contributed by atoms with Crippen molar-refractivity contribution in [1.29, 1.82) is 0 Å². The number of nitrogens with zero attached hydrogens (tertiary/aromatic N) is 4. The fraction of sp³-hybridized carbons (Fsp3) is 0.273. The number of carbonyl (C=O) groups excluding carboxylic acids is 1. The summed E-state index contributed by atoms with van der Waals surface area (Å²) >= 11 is 3.38. The highest BCUT2D eigenvalue weighted by atomic mass is 79.9. The summed E-state index contributed by atoms with van der Waals surface area (Å²) in [7, 11) is 1.56. The van der Waals surface area contributed by atoms with Crippen LogP contribution in [0.2, 0.25) is 0 Å². The third-order valence-electron chi connectivity index (χ3n) is 7.51. The first-order valence-electron chi connectivity index (χ1n) is 14.7. The summed E-state index contributed by atoms with van der Waals surface area (Å²) in [5.41, 5.74) is 1.77. The van der Waals surface area contributed by atoms with Gasteiger partial charge in [0.05, 0.1) is 44.4 Å². The van der Waals surface area contributed by atoms with Crippen LogP contribution in [0, 0.1) is 5.82 Å². The van der Waals surface area contributed by atoms with Gasteiger partial charge in [0.2, 0.25) is 5.88 Å². The van der Waals surface area contributed by atoms with Gasteiger partial charge in [0.25, 0.3) is 5.91 Å². The minimum absolute atomic E-state index is 0.0259. The number of aromatic hydroxyl groups is 1. The summed E-state index contributed by atoms with van der Waals surface area (Å²) in [6.07, 6.45) is 2.23. The van der Waals surface area contributed by atoms with E-state index in [0.717, 1.165) is 43.7 Å². The molecule has 0 atom stereocenters. The first-order chi connectivity index (χ1) is 22.4. The molecule has 1 aliphatic rings. The number of morpholine rings is 1. The number of aromatic amines is 1. The molecule has 3 aromatic carbocycles. The minimum atomic E-state index is -0.654. The van der Waals surface area contributed by atoms with Crippen LogP contribution >= 0.6 is 15.9 Å². The van der Waals surface area contributed by atoms with Crippen molar-refractivity contribution in [3.05, 3.63) is 76.6 Å². The van der Waals surface area contributed by atoms with Crippen LogP contribution in [0.3, 0.4) is 0 Å². The zero-order chi connectivity index (χ0) is 32.0. The number of halogens is 2. The zero-order valence-corrected chi connectivity index (χ0v) is 26.5. The number of azo groups is 1. The summed E-state index contributed by atoms with van der Waals surface area (Å²) in [4.78, 5) is 22.1. The van der Waals surface area contributed by atoms with Crippen molar-refractivity contribution in [2.24, 2.45) is 10.2 Å². The number of pyridine rings is 1. The quantitative estimate of drug-likeness (QED) is 0.111. The molecular weight excluding hydrogens is 661 g/mol. The van der Waals surface area contributed by atoms with Crippen LogP contribution in [-0.4, -0.2) is 72.4 Å². The van der Waals surface area contributed by atoms with Gasteiger partial charge < -0.3 is 29.0 Å². The number of aromatic nitrogens is 2. The fourth-order valence-corrected chi connectivity index (χ4v) is 5.55. The Bertz CT molecular complexity index is 1910. The van der Waals surface area contributed by atoms with Gasteiger partial charge in [-0.2, -0.15) is 0 Å². The van der Waals surface area contributed by atoms with Gasteiger partial charge in [0.15, 0.2) is 28.8 Å². The number of carbonyl (C=O) groups is 1. The summed E-state index contributed by atoms with van der Waals surface area (Å²) in [5.74, 6) is -0.0465. The van der Waals surface area contributed by atoms with Gasteiger partial charge in [-0.25, -0.2) is 4.39 Å². The van der Waals surface area contributed by atoms with Crippen molar-refractivity contribution in [1.82, 2.24) is 14.9 Å². The second-order valence-electron chi connectivity index (χ2n) is 10.6. The summed E-state index contributed by atoms with van der Waals surface area (Å²) < 4.78 is 38.9. The van der Waals surface area contributed by atoms with Crippen LogP contribution in [0.4, 0.5) is 10.1 Å². The average Bonchev–Trinajstić information content (AvgIpc) is 3.37. The molecule has 46 heavy (non-hydrogen) atoms. The fourth-order valence-electron chi connectivity index (χ4n) is 5.19. The highest BCUT2D eigenvalue weighted by Crippen LogP contribution is 2.38. The summed E-state index contributed by atoms with van der Waals surface area (Å²) in [6.45, 7) is 4.81. The molecule has 0 aliphatic carbocycles. The molecular formula is C33H31BrFN5O6. The Morgan fingerprint density at radius 3 is 2.72 bits per heavy atom. The standard InChI is InChI=1S/C33H31BrFN5O6/c1-43-29-18-22-26(19-30(29)45-12-2-9-40-10-13-44-14-11-40)36-8-7-27(22)46-28-6-3-20(15-24(28)35)16-31(41)38-39-32-23-17-21(34)4-5-25(23)37-33(32)42/h3-8,15,17-19,37,42H,2,9-14,16H2,1H3. The molecule has 1 saturated heterocycles. The Kier molecular flexibility index (Phi) is 9.71. The highest BCUT2D eigenvalue weighted by Gasteiger charge is 2.16. The SMILES string of the molecule is COc1cc2c(Oc3ccc(CC(=O)N=Nc4c(O)[nH]c5ccc(Br)cc45)cc3F)ccnc2cc1OCCCN1CCOCC1. The van der Waals surface area contributed by atoms with Crippen LogP contribution in [0.25, 0.3) is 21.8 Å². The van der Waals surface area contributed by atoms with Gasteiger partial charge in [0.1, 0.15) is 5.75 Å². The summed E-state index contributed by atoms with van der Waals surface area (Å²) in [5, 5.41) is 19.1. The number of fused-ring (bicyclic) bond motifs is 2. The average molecular weight is 693 g/mol. The van der Waals surface area contributed by atoms with E-state index in [0.29, 0.717) is 51.2 Å². The Morgan fingerprint density at radius 1 is 1.07 bits per heavy atom. The second kappa shape index (κ2) is 14.2. The maximum Gasteiger partial charge on any atom is 0.269 e. The third-order valence-corrected chi connectivity index (χ3v) is 8.01. The lowest BCUT2D eigenvalue weighted by Crippen LogP contribution is -2.37. The molecule has 238 valence electrons. The largest absolute Gasteiger partial charge is 0.493 e. The van der Waals surface area contributed by atoms with E-state index in [-0.39, 0.29) is 23.7 Å². The number of ether oxygens (including phenoxy) is 4. The van der Waals surface area contributed by atoms with Crippen LogP contribution in [0.15, 0.2) is 75.5 Å². The monoisotopic (exact) mass is 691 g/mol. The van der Waals surface area contributed by atoms with Crippen molar-refractivity contribution < 1.29 is 33.2 Å². The van der Waals surface area contributed by atoms with E-state index in [9.17, 15) is 9.90 Å². The highest BCUT2D eigenvalue weighted by molar-refractivity contribution is 9.10. The Morgan fingerprint density at radius 2 is 1.91 bits per heavy atom. The number of H-pyrrole nitrogens is 1. The molecule has 1 fully saturated rings. The number of hydrogen-bond donors (Lipinski definition) is 2. The van der Waals surface area contributed by atoms with Crippen molar-refractivity contribution in [3.8, 4) is 28.9 Å². The maximum absolute atomic E-state index is 15.2. The smallest absolute Gasteiger partial charge is 0.269 e. The number of methoxy groups -OCH3 is 1. The molecule has 0 unspecified atom stereocenters. The van der Waals surface area contributed by atoms with E-state index < -0.39 is 11.7 Å². The van der Waals surface area contributed by atoms with E-state index in [1.54, 1.807) is 49.7 Å². The number of benzene rings is 3. The summed E-state index contributed by atoms with van der Waals surface area (Å²) in [6, 6.07) is 14.8. The van der Waals surface area contributed by atoms with Crippen molar-refractivity contribution >= 4 is 49.3 Å². The molecule has 2 aromatic heterocycles. The molecule has 0 saturated carbocycles. The predicted molar refractivity (Wildman–Crippen MR) is 173 cm³/mol. The van der Waals surface area contributed by atoms with Gasteiger partial charge in [-0.05, 0) is 54.4 Å². The molecule has 3 heterocycles. The molecule has 0 spiro atoms. The molecule has 0 radical (unpaired) electrons. The Hall–Kier alpha value is -4.59. The van der Waals surface area contributed by atoms with E-state index in [1.807, 2.05) is 6.07 Å². The van der Waals surface area contributed by atoms with E-state index in [2.05, 4.69) is 41.0 Å². The first kappa shape index (κ1) is 31.4. The zero-order valence-electron chi connectivity index (χ0n) is 25.0. The molecule has 13 heteroatoms.